The van der Waals surface area contributed by atoms with Crippen LogP contribution in [0.1, 0.15) is 32.3 Å². The van der Waals surface area contributed by atoms with Crippen LogP contribution in [0.4, 0.5) is 0 Å². The minimum atomic E-state index is -0.341. The summed E-state index contributed by atoms with van der Waals surface area (Å²) in [5, 5.41) is 10.3. The molecule has 0 saturated carbocycles. The summed E-state index contributed by atoms with van der Waals surface area (Å²) in [7, 11) is 3.29. The Kier molecular flexibility index (Phi) is 7.34. The first-order valence-corrected chi connectivity index (χ1v) is 8.76. The van der Waals surface area contributed by atoms with Gasteiger partial charge in [0.2, 0.25) is 0 Å². The Morgan fingerprint density at radius 2 is 2.00 bits per heavy atom. The molecule has 0 bridgehead atoms. The second kappa shape index (κ2) is 9.25. The van der Waals surface area contributed by atoms with E-state index in [9.17, 15) is 5.11 Å². The number of aliphatic hydroxyl groups is 1. The number of nitrogens with zero attached hydrogens (tertiary/aromatic N) is 1. The van der Waals surface area contributed by atoms with Crippen molar-refractivity contribution in [1.29, 1.82) is 0 Å². The number of hydrogen-bond donors (Lipinski definition) is 1. The van der Waals surface area contributed by atoms with E-state index in [4.69, 9.17) is 14.2 Å². The summed E-state index contributed by atoms with van der Waals surface area (Å²) >= 11 is 0. The van der Waals surface area contributed by atoms with Crippen LogP contribution in [-0.2, 0) is 11.3 Å². The van der Waals surface area contributed by atoms with Crippen LogP contribution >= 0.6 is 0 Å². The molecule has 1 N–H and O–H groups in total. The summed E-state index contributed by atoms with van der Waals surface area (Å²) in [6.07, 6.45) is 2.15. The highest BCUT2D eigenvalue weighted by Gasteiger charge is 2.22. The van der Waals surface area contributed by atoms with E-state index in [0.717, 1.165) is 49.6 Å². The van der Waals surface area contributed by atoms with Crippen molar-refractivity contribution in [2.45, 2.75) is 45.4 Å². The third-order valence-electron chi connectivity index (χ3n) is 4.55. The summed E-state index contributed by atoms with van der Waals surface area (Å²) in [6, 6.07) is 5.98. The lowest BCUT2D eigenvalue weighted by Gasteiger charge is -2.29. The zero-order valence-electron chi connectivity index (χ0n) is 15.3. The van der Waals surface area contributed by atoms with E-state index in [-0.39, 0.29) is 18.1 Å². The second-order valence-corrected chi connectivity index (χ2v) is 6.83. The molecule has 1 fully saturated rings. The molecule has 0 spiro atoms. The fourth-order valence-corrected chi connectivity index (χ4v) is 2.99. The number of methoxy groups -OCH3 is 2. The molecule has 0 radical (unpaired) electrons. The number of rotatable bonds is 9. The van der Waals surface area contributed by atoms with E-state index in [1.807, 2.05) is 32.0 Å². The van der Waals surface area contributed by atoms with Crippen LogP contribution in [0.3, 0.4) is 0 Å². The molecule has 0 amide bonds. The van der Waals surface area contributed by atoms with Gasteiger partial charge >= 0.3 is 0 Å². The first-order valence-electron chi connectivity index (χ1n) is 8.76. The highest BCUT2D eigenvalue weighted by Crippen LogP contribution is 2.28. The first kappa shape index (κ1) is 19.0. The summed E-state index contributed by atoms with van der Waals surface area (Å²) < 4.78 is 16.5. The average molecular weight is 337 g/mol. The number of hydrogen-bond acceptors (Lipinski definition) is 5. The molecule has 0 unspecified atom stereocenters. The highest BCUT2D eigenvalue weighted by atomic mass is 16.5. The molecular formula is C19H31NO4. The molecule has 1 saturated heterocycles. The number of benzene rings is 1. The molecule has 24 heavy (non-hydrogen) atoms. The summed E-state index contributed by atoms with van der Waals surface area (Å²) in [6.45, 7) is 7.19. The van der Waals surface area contributed by atoms with E-state index in [1.165, 1.54) is 0 Å². The zero-order valence-corrected chi connectivity index (χ0v) is 15.3. The molecule has 1 aliphatic heterocycles. The van der Waals surface area contributed by atoms with Gasteiger partial charge in [-0.25, -0.2) is 0 Å². The molecule has 1 heterocycles. The van der Waals surface area contributed by atoms with Crippen LogP contribution in [0, 0.1) is 5.92 Å². The van der Waals surface area contributed by atoms with Gasteiger partial charge in [0, 0.05) is 26.2 Å². The lowest BCUT2D eigenvalue weighted by molar-refractivity contribution is 0.0330. The van der Waals surface area contributed by atoms with Gasteiger partial charge in [-0.2, -0.15) is 0 Å². The molecule has 136 valence electrons. The van der Waals surface area contributed by atoms with E-state index in [2.05, 4.69) is 4.90 Å². The molecular weight excluding hydrogens is 306 g/mol. The van der Waals surface area contributed by atoms with E-state index in [1.54, 1.807) is 14.2 Å². The molecule has 0 aromatic heterocycles. The molecule has 1 aromatic rings. The molecule has 5 heteroatoms. The monoisotopic (exact) mass is 337 g/mol. The minimum absolute atomic E-state index is 0.238. The van der Waals surface area contributed by atoms with Gasteiger partial charge in [0.15, 0.2) is 11.5 Å². The average Bonchev–Trinajstić information content (AvgIpc) is 3.07. The standard InChI is InChI=1S/C19H31NO4/c1-14(2)17(21)13-20(12-16-6-5-9-24-16)11-15-7-8-18(22-3)19(10-15)23-4/h7-8,10,14,16-17,21H,5-6,9,11-13H2,1-4H3/t16-,17+/m0/s1. The normalized spacial score (nSPS) is 19.0. The third kappa shape index (κ3) is 5.36. The van der Waals surface area contributed by atoms with Crippen molar-refractivity contribution in [3.8, 4) is 11.5 Å². The maximum Gasteiger partial charge on any atom is 0.161 e. The smallest absolute Gasteiger partial charge is 0.161 e. The largest absolute Gasteiger partial charge is 0.493 e. The summed E-state index contributed by atoms with van der Waals surface area (Å²) in [4.78, 5) is 2.28. The third-order valence-corrected chi connectivity index (χ3v) is 4.55. The van der Waals surface area contributed by atoms with Crippen molar-refractivity contribution in [3.05, 3.63) is 23.8 Å². The molecule has 1 aliphatic rings. The Bertz CT molecular complexity index is 496. The predicted molar refractivity (Wildman–Crippen MR) is 94.6 cm³/mol. The van der Waals surface area contributed by atoms with E-state index >= 15 is 0 Å². The number of aliphatic hydroxyl groups excluding tert-OH is 1. The van der Waals surface area contributed by atoms with Gasteiger partial charge in [-0.05, 0) is 36.5 Å². The Hall–Kier alpha value is -1.30. The van der Waals surface area contributed by atoms with Crippen LogP contribution in [0.15, 0.2) is 18.2 Å². The quantitative estimate of drug-likeness (QED) is 0.751. The van der Waals surface area contributed by atoms with Crippen LogP contribution in [0.5, 0.6) is 11.5 Å². The van der Waals surface area contributed by atoms with Crippen LogP contribution in [-0.4, -0.2) is 56.1 Å². The topological polar surface area (TPSA) is 51.2 Å². The van der Waals surface area contributed by atoms with Gasteiger partial charge < -0.3 is 19.3 Å². The van der Waals surface area contributed by atoms with Crippen molar-refractivity contribution in [3.63, 3.8) is 0 Å². The van der Waals surface area contributed by atoms with Crippen LogP contribution in [0.2, 0.25) is 0 Å². The maximum atomic E-state index is 10.3. The fourth-order valence-electron chi connectivity index (χ4n) is 2.99. The van der Waals surface area contributed by atoms with Gasteiger partial charge in [-0.3, -0.25) is 4.90 Å². The Balaban J connectivity index is 2.07. The summed E-state index contributed by atoms with van der Waals surface area (Å²) in [5.41, 5.74) is 1.14. The van der Waals surface area contributed by atoms with Crippen molar-refractivity contribution in [2.24, 2.45) is 5.92 Å². The SMILES string of the molecule is COc1ccc(CN(C[C@@H]2CCCO2)C[C@@H](O)C(C)C)cc1OC. The van der Waals surface area contributed by atoms with Gasteiger partial charge in [-0.15, -0.1) is 0 Å². The van der Waals surface area contributed by atoms with Gasteiger partial charge in [0.1, 0.15) is 0 Å². The van der Waals surface area contributed by atoms with E-state index < -0.39 is 0 Å². The lowest BCUT2D eigenvalue weighted by atomic mass is 10.1. The van der Waals surface area contributed by atoms with Gasteiger partial charge in [-0.1, -0.05) is 19.9 Å². The second-order valence-electron chi connectivity index (χ2n) is 6.83. The predicted octanol–water partition coefficient (Wildman–Crippen LogP) is 2.70. The molecule has 2 atom stereocenters. The number of ether oxygens (including phenoxy) is 3. The van der Waals surface area contributed by atoms with Gasteiger partial charge in [0.25, 0.3) is 0 Å². The van der Waals surface area contributed by atoms with Crippen molar-refractivity contribution >= 4 is 0 Å². The van der Waals surface area contributed by atoms with Crippen LogP contribution < -0.4 is 9.47 Å². The molecule has 0 aliphatic carbocycles. The molecule has 2 rings (SSSR count). The zero-order chi connectivity index (χ0) is 17.5. The Morgan fingerprint density at radius 3 is 2.58 bits per heavy atom. The highest BCUT2D eigenvalue weighted by molar-refractivity contribution is 5.42. The maximum absolute atomic E-state index is 10.3. The lowest BCUT2D eigenvalue weighted by Crippen LogP contribution is -2.39. The minimum Gasteiger partial charge on any atom is -0.493 e. The van der Waals surface area contributed by atoms with E-state index in [0.29, 0.717) is 6.54 Å². The van der Waals surface area contributed by atoms with Crippen molar-refractivity contribution in [1.82, 2.24) is 4.90 Å². The fraction of sp³-hybridized carbons (Fsp3) is 0.684. The molecule has 1 aromatic carbocycles. The van der Waals surface area contributed by atoms with Crippen molar-refractivity contribution < 1.29 is 19.3 Å². The molecule has 5 nitrogen and oxygen atoms in total. The van der Waals surface area contributed by atoms with Gasteiger partial charge in [0.05, 0.1) is 26.4 Å². The van der Waals surface area contributed by atoms with Crippen LogP contribution in [0.25, 0.3) is 0 Å². The first-order chi connectivity index (χ1) is 11.5. The van der Waals surface area contributed by atoms with Crippen molar-refractivity contribution in [2.75, 3.05) is 33.9 Å². The Morgan fingerprint density at radius 1 is 1.25 bits per heavy atom. The summed E-state index contributed by atoms with van der Waals surface area (Å²) in [5.74, 6) is 1.70. The Labute approximate surface area is 145 Å².